The van der Waals surface area contributed by atoms with Crippen LogP contribution in [0.5, 0.6) is 0 Å². The van der Waals surface area contributed by atoms with E-state index in [-0.39, 0.29) is 10.7 Å². The zero-order valence-electron chi connectivity index (χ0n) is 14.4. The summed E-state index contributed by atoms with van der Waals surface area (Å²) in [4.78, 5) is 0. The summed E-state index contributed by atoms with van der Waals surface area (Å²) in [7, 11) is 0.713. The summed E-state index contributed by atoms with van der Waals surface area (Å²) in [6.07, 6.45) is 1.70. The maximum Gasteiger partial charge on any atom is 0.173 e. The molecule has 122 valence electrons. The van der Waals surface area contributed by atoms with Crippen LogP contribution in [0.3, 0.4) is 0 Å². The fraction of sp³-hybridized carbons (Fsp3) is 0.667. The Hall–Kier alpha value is -0.470. The molecule has 4 heteroatoms. The van der Waals surface area contributed by atoms with Crippen molar-refractivity contribution < 1.29 is 14.2 Å². The second-order valence-electron chi connectivity index (χ2n) is 7.60. The monoisotopic (exact) mass is 322 g/mol. The molecule has 4 unspecified atom stereocenters. The lowest BCUT2D eigenvalue weighted by molar-refractivity contribution is -0.467. The molecule has 0 aromatic heterocycles. The molecule has 1 aromatic carbocycles. The lowest BCUT2D eigenvalue weighted by Gasteiger charge is -2.66. The molecule has 0 N–H and O–H groups in total. The predicted octanol–water partition coefficient (Wildman–Crippen LogP) is 4.70. The van der Waals surface area contributed by atoms with Crippen molar-refractivity contribution in [2.45, 2.75) is 76.6 Å². The van der Waals surface area contributed by atoms with Gasteiger partial charge in [-0.2, -0.15) is 0 Å². The van der Waals surface area contributed by atoms with Crippen LogP contribution in [0.15, 0.2) is 24.3 Å². The highest BCUT2D eigenvalue weighted by molar-refractivity contribution is 7.41. The molecule has 0 amide bonds. The summed E-state index contributed by atoms with van der Waals surface area (Å²) < 4.78 is 18.0. The molecule has 4 atom stereocenters. The topological polar surface area (TPSA) is 27.7 Å². The average molecular weight is 322 g/mol. The van der Waals surface area contributed by atoms with Crippen molar-refractivity contribution in [1.82, 2.24) is 0 Å². The molecule has 5 rings (SSSR count). The van der Waals surface area contributed by atoms with Crippen LogP contribution >= 0.6 is 8.58 Å². The van der Waals surface area contributed by atoms with E-state index in [0.29, 0.717) is 8.58 Å². The van der Waals surface area contributed by atoms with Gasteiger partial charge in [0.05, 0.1) is 10.7 Å². The second kappa shape index (κ2) is 5.01. The van der Waals surface area contributed by atoms with Gasteiger partial charge in [-0.3, -0.25) is 0 Å². The van der Waals surface area contributed by atoms with Gasteiger partial charge in [-0.05, 0) is 52.7 Å². The highest BCUT2D eigenvalue weighted by Crippen LogP contribution is 2.67. The van der Waals surface area contributed by atoms with Crippen LogP contribution in [0.2, 0.25) is 0 Å². The van der Waals surface area contributed by atoms with Gasteiger partial charge in [0.2, 0.25) is 0 Å². The van der Waals surface area contributed by atoms with Crippen LogP contribution in [0.1, 0.15) is 51.7 Å². The summed E-state index contributed by atoms with van der Waals surface area (Å²) in [6, 6.07) is 8.36. The van der Waals surface area contributed by atoms with Gasteiger partial charge in [0, 0.05) is 12.8 Å². The third-order valence-electron chi connectivity index (χ3n) is 4.59. The third-order valence-corrected chi connectivity index (χ3v) is 6.20. The average Bonchev–Trinajstić information content (AvgIpc) is 2.25. The van der Waals surface area contributed by atoms with Crippen LogP contribution in [0, 0.1) is 13.8 Å². The maximum atomic E-state index is 6.04. The van der Waals surface area contributed by atoms with Gasteiger partial charge in [0.15, 0.2) is 11.6 Å². The molecule has 1 aromatic rings. The van der Waals surface area contributed by atoms with Crippen LogP contribution in [0.4, 0.5) is 0 Å². The largest absolute Gasteiger partial charge is 0.339 e. The van der Waals surface area contributed by atoms with E-state index in [1.165, 1.54) is 11.1 Å². The molecule has 0 aliphatic carbocycles. The van der Waals surface area contributed by atoms with E-state index < -0.39 is 11.6 Å². The van der Waals surface area contributed by atoms with E-state index in [1.54, 1.807) is 0 Å². The molecule has 4 aliphatic rings. The Balaban J connectivity index is 0.000000154. The molecule has 3 nitrogen and oxygen atoms in total. The normalized spacial score (nSPS) is 46.5. The van der Waals surface area contributed by atoms with Crippen LogP contribution in [-0.2, 0) is 14.2 Å². The summed E-state index contributed by atoms with van der Waals surface area (Å²) in [5.74, 6) is -0.861. The van der Waals surface area contributed by atoms with Crippen LogP contribution < -0.4 is 0 Å². The highest BCUT2D eigenvalue weighted by Gasteiger charge is 2.66. The Bertz CT molecular complexity index is 469. The SMILES string of the molecule is CC12CC3(C)OC(C)(CC(C)(O1)P3)O2.Cc1ccccc1C. The standard InChI is InChI=1S/C10H17O3P.C8H10/c1-7-5-9(3)13-8(2,11-7)6-10(4,12-7)14-9;1-7-5-3-4-6-8(7)2/h14H,5-6H2,1-4H3;3-6H,1-2H3. The zero-order valence-corrected chi connectivity index (χ0v) is 15.4. The van der Waals surface area contributed by atoms with Crippen molar-refractivity contribution in [2.24, 2.45) is 0 Å². The van der Waals surface area contributed by atoms with E-state index in [9.17, 15) is 0 Å². The molecule has 0 spiro atoms. The van der Waals surface area contributed by atoms with E-state index in [4.69, 9.17) is 14.2 Å². The Morgan fingerprint density at radius 3 is 1.50 bits per heavy atom. The molecule has 4 fully saturated rings. The first-order chi connectivity index (χ1) is 10.0. The van der Waals surface area contributed by atoms with Crippen LogP contribution in [0.25, 0.3) is 0 Å². The van der Waals surface area contributed by atoms with Crippen molar-refractivity contribution >= 4 is 8.58 Å². The van der Waals surface area contributed by atoms with E-state index >= 15 is 0 Å². The minimum Gasteiger partial charge on any atom is -0.339 e. The first kappa shape index (κ1) is 16.4. The third kappa shape index (κ3) is 3.10. The molecule has 4 aliphatic heterocycles. The number of hydrogen-bond donors (Lipinski definition) is 0. The second-order valence-corrected chi connectivity index (χ2v) is 9.96. The predicted molar refractivity (Wildman–Crippen MR) is 90.3 cm³/mol. The van der Waals surface area contributed by atoms with Gasteiger partial charge in [0.25, 0.3) is 0 Å². The van der Waals surface area contributed by atoms with E-state index in [2.05, 4.69) is 52.0 Å². The minimum absolute atomic E-state index is 0.0347. The van der Waals surface area contributed by atoms with Gasteiger partial charge in [-0.1, -0.05) is 32.8 Å². The molecule has 0 saturated carbocycles. The first-order valence-electron chi connectivity index (χ1n) is 7.97. The number of benzene rings is 1. The van der Waals surface area contributed by atoms with Gasteiger partial charge < -0.3 is 14.2 Å². The van der Waals surface area contributed by atoms with Gasteiger partial charge in [-0.15, -0.1) is 0 Å². The summed E-state index contributed by atoms with van der Waals surface area (Å²) in [5, 5.41) is -0.0694. The van der Waals surface area contributed by atoms with Crippen molar-refractivity contribution in [3.8, 4) is 0 Å². The quantitative estimate of drug-likeness (QED) is 0.648. The molecule has 4 bridgehead atoms. The minimum atomic E-state index is -0.431. The van der Waals surface area contributed by atoms with Crippen molar-refractivity contribution in [3.63, 3.8) is 0 Å². The maximum absolute atomic E-state index is 6.04. The summed E-state index contributed by atoms with van der Waals surface area (Å²) >= 11 is 0. The molecule has 0 radical (unpaired) electrons. The Morgan fingerprint density at radius 2 is 1.18 bits per heavy atom. The fourth-order valence-electron chi connectivity index (χ4n) is 4.25. The fourth-order valence-corrected chi connectivity index (χ4v) is 6.73. The number of aryl methyl sites for hydroxylation is 2. The zero-order chi connectivity index (χ0) is 16.2. The lowest BCUT2D eigenvalue weighted by Crippen LogP contribution is -2.69. The highest BCUT2D eigenvalue weighted by atomic mass is 31.1. The molecular weight excluding hydrogens is 295 g/mol. The number of ether oxygens (including phenoxy) is 3. The molecular formula is C18H27O3P. The number of hydrogen-bond acceptors (Lipinski definition) is 3. The van der Waals surface area contributed by atoms with Gasteiger partial charge in [0.1, 0.15) is 0 Å². The van der Waals surface area contributed by atoms with Gasteiger partial charge in [-0.25, -0.2) is 0 Å². The lowest BCUT2D eigenvalue weighted by atomic mass is 9.98. The smallest absolute Gasteiger partial charge is 0.173 e. The van der Waals surface area contributed by atoms with E-state index in [0.717, 1.165) is 12.8 Å². The summed E-state index contributed by atoms with van der Waals surface area (Å²) in [6.45, 7) is 12.7. The summed E-state index contributed by atoms with van der Waals surface area (Å²) in [5.41, 5.74) is 2.74. The molecule has 4 saturated heterocycles. The first-order valence-corrected chi connectivity index (χ1v) is 8.97. The van der Waals surface area contributed by atoms with Crippen molar-refractivity contribution in [2.75, 3.05) is 0 Å². The Labute approximate surface area is 135 Å². The Kier molecular flexibility index (Phi) is 3.73. The van der Waals surface area contributed by atoms with Crippen LogP contribution in [-0.4, -0.2) is 22.3 Å². The molecule has 22 heavy (non-hydrogen) atoms. The molecule has 4 heterocycles. The van der Waals surface area contributed by atoms with E-state index in [1.807, 2.05) is 13.8 Å². The van der Waals surface area contributed by atoms with Crippen molar-refractivity contribution in [3.05, 3.63) is 35.4 Å². The van der Waals surface area contributed by atoms with Gasteiger partial charge >= 0.3 is 0 Å². The van der Waals surface area contributed by atoms with Crippen molar-refractivity contribution in [1.29, 1.82) is 0 Å². The number of rotatable bonds is 0. The Morgan fingerprint density at radius 1 is 0.773 bits per heavy atom.